The molecule has 0 fully saturated rings. The molecule has 0 radical (unpaired) electrons. The molecule has 0 saturated carbocycles. The van der Waals surface area contributed by atoms with Crippen molar-refractivity contribution in [2.24, 2.45) is 0 Å². The molecular formula is C16H13BrNO+. The van der Waals surface area contributed by atoms with Gasteiger partial charge in [-0.15, -0.1) is 0 Å². The van der Waals surface area contributed by atoms with E-state index in [0.717, 1.165) is 21.3 Å². The van der Waals surface area contributed by atoms with Gasteiger partial charge in [-0.25, -0.2) is 0 Å². The molecular weight excluding hydrogens is 302 g/mol. The monoisotopic (exact) mass is 314 g/mol. The van der Waals surface area contributed by atoms with Gasteiger partial charge >= 0.3 is 0 Å². The summed E-state index contributed by atoms with van der Waals surface area (Å²) in [5.74, 6) is 0.888. The van der Waals surface area contributed by atoms with Gasteiger partial charge in [0.1, 0.15) is 5.75 Å². The number of hydrogen-bond acceptors (Lipinski definition) is 1. The lowest BCUT2D eigenvalue weighted by Crippen LogP contribution is -2.29. The van der Waals surface area contributed by atoms with Crippen LogP contribution in [0.3, 0.4) is 0 Å². The normalized spacial score (nSPS) is 10.6. The van der Waals surface area contributed by atoms with E-state index in [0.29, 0.717) is 0 Å². The molecule has 0 atom stereocenters. The fourth-order valence-corrected chi connectivity index (χ4v) is 2.67. The van der Waals surface area contributed by atoms with Gasteiger partial charge in [-0.2, -0.15) is 4.57 Å². The van der Waals surface area contributed by atoms with Crippen molar-refractivity contribution in [1.82, 2.24) is 0 Å². The number of fused-ring (bicyclic) bond motifs is 1. The van der Waals surface area contributed by atoms with Crippen LogP contribution in [0.1, 0.15) is 0 Å². The van der Waals surface area contributed by atoms with Crippen LogP contribution in [-0.2, 0) is 0 Å². The van der Waals surface area contributed by atoms with Gasteiger partial charge < -0.3 is 4.74 Å². The number of pyridine rings is 1. The van der Waals surface area contributed by atoms with Crippen molar-refractivity contribution in [3.63, 3.8) is 0 Å². The second-order valence-electron chi connectivity index (χ2n) is 4.27. The number of ether oxygens (including phenoxy) is 1. The summed E-state index contributed by atoms with van der Waals surface area (Å²) in [4.78, 5) is 0. The highest BCUT2D eigenvalue weighted by Gasteiger charge is 2.12. The minimum atomic E-state index is 0.888. The number of nitrogens with zero attached hydrogens (tertiary/aromatic N) is 1. The lowest BCUT2D eigenvalue weighted by atomic mass is 10.1. The average molecular weight is 315 g/mol. The summed E-state index contributed by atoms with van der Waals surface area (Å²) in [6, 6.07) is 16.3. The summed E-state index contributed by atoms with van der Waals surface area (Å²) in [6.07, 6.45) is 4.15. The van der Waals surface area contributed by atoms with E-state index in [1.54, 1.807) is 7.11 Å². The highest BCUT2D eigenvalue weighted by molar-refractivity contribution is 9.10. The molecule has 0 N–H and O–H groups in total. The first kappa shape index (κ1) is 12.2. The molecule has 0 saturated heterocycles. The van der Waals surface area contributed by atoms with E-state index in [1.165, 1.54) is 5.39 Å². The van der Waals surface area contributed by atoms with Crippen LogP contribution in [0.25, 0.3) is 16.5 Å². The Balaban J connectivity index is 2.24. The van der Waals surface area contributed by atoms with Gasteiger partial charge in [-0.1, -0.05) is 24.3 Å². The summed E-state index contributed by atoms with van der Waals surface area (Å²) in [6.45, 7) is 0. The van der Waals surface area contributed by atoms with Crippen LogP contribution < -0.4 is 9.30 Å². The van der Waals surface area contributed by atoms with Crippen molar-refractivity contribution < 1.29 is 9.30 Å². The SMILES string of the molecule is COc1cccc2cc[n+](-c3ccccc3Br)cc12. The third-order valence-corrected chi connectivity index (χ3v) is 3.80. The largest absolute Gasteiger partial charge is 0.496 e. The number of methoxy groups -OCH3 is 1. The Labute approximate surface area is 120 Å². The second-order valence-corrected chi connectivity index (χ2v) is 5.12. The van der Waals surface area contributed by atoms with Crippen molar-refractivity contribution in [3.8, 4) is 11.4 Å². The molecule has 94 valence electrons. The molecule has 0 amide bonds. The van der Waals surface area contributed by atoms with Crippen LogP contribution in [0.15, 0.2) is 65.4 Å². The molecule has 1 heterocycles. The van der Waals surface area contributed by atoms with E-state index in [-0.39, 0.29) is 0 Å². The Kier molecular flexibility index (Phi) is 3.22. The van der Waals surface area contributed by atoms with E-state index >= 15 is 0 Å². The molecule has 2 aromatic carbocycles. The zero-order valence-electron chi connectivity index (χ0n) is 10.5. The van der Waals surface area contributed by atoms with Crippen LogP contribution in [0.4, 0.5) is 0 Å². The average Bonchev–Trinajstić information content (AvgIpc) is 2.46. The molecule has 2 nitrogen and oxygen atoms in total. The van der Waals surface area contributed by atoms with E-state index in [9.17, 15) is 0 Å². The molecule has 0 unspecified atom stereocenters. The van der Waals surface area contributed by atoms with E-state index in [4.69, 9.17) is 4.74 Å². The maximum Gasteiger partial charge on any atom is 0.224 e. The number of halogens is 1. The third-order valence-electron chi connectivity index (χ3n) is 3.13. The van der Waals surface area contributed by atoms with Gasteiger partial charge in [0.2, 0.25) is 5.69 Å². The number of benzene rings is 2. The maximum absolute atomic E-state index is 5.42. The number of rotatable bonds is 2. The van der Waals surface area contributed by atoms with Gasteiger partial charge in [0.15, 0.2) is 12.4 Å². The predicted octanol–water partition coefficient (Wildman–Crippen LogP) is 3.89. The third kappa shape index (κ3) is 2.22. The molecule has 0 bridgehead atoms. The number of aromatic nitrogens is 1. The molecule has 0 aliphatic rings. The summed E-state index contributed by atoms with van der Waals surface area (Å²) < 4.78 is 8.58. The van der Waals surface area contributed by atoms with Crippen LogP contribution in [0, 0.1) is 0 Å². The molecule has 19 heavy (non-hydrogen) atoms. The molecule has 3 rings (SSSR count). The van der Waals surface area contributed by atoms with Crippen LogP contribution in [-0.4, -0.2) is 7.11 Å². The first-order valence-corrected chi connectivity index (χ1v) is 6.82. The fraction of sp³-hybridized carbons (Fsp3) is 0.0625. The van der Waals surface area contributed by atoms with Crippen LogP contribution >= 0.6 is 15.9 Å². The van der Waals surface area contributed by atoms with Gasteiger partial charge in [-0.05, 0) is 33.4 Å². The van der Waals surface area contributed by atoms with Crippen LogP contribution in [0.5, 0.6) is 5.75 Å². The van der Waals surface area contributed by atoms with E-state index in [2.05, 4.69) is 51.1 Å². The van der Waals surface area contributed by atoms with Gasteiger partial charge in [-0.3, -0.25) is 0 Å². The molecule has 1 aromatic heterocycles. The number of para-hydroxylation sites is 1. The van der Waals surface area contributed by atoms with Gasteiger partial charge in [0.05, 0.1) is 17.0 Å². The highest BCUT2D eigenvalue weighted by Crippen LogP contribution is 2.24. The molecule has 0 aliphatic carbocycles. The Bertz CT molecular complexity index is 740. The van der Waals surface area contributed by atoms with Crippen molar-refractivity contribution in [2.45, 2.75) is 0 Å². The topological polar surface area (TPSA) is 13.1 Å². The summed E-state index contributed by atoms with van der Waals surface area (Å²) in [5, 5.41) is 2.27. The van der Waals surface area contributed by atoms with E-state index in [1.807, 2.05) is 30.3 Å². The number of hydrogen-bond donors (Lipinski definition) is 0. The lowest BCUT2D eigenvalue weighted by molar-refractivity contribution is -0.594. The predicted molar refractivity (Wildman–Crippen MR) is 79.7 cm³/mol. The van der Waals surface area contributed by atoms with Crippen molar-refractivity contribution in [3.05, 3.63) is 65.4 Å². The summed E-state index contributed by atoms with van der Waals surface area (Å²) >= 11 is 3.58. The minimum absolute atomic E-state index is 0.888. The summed E-state index contributed by atoms with van der Waals surface area (Å²) in [7, 11) is 1.70. The van der Waals surface area contributed by atoms with Crippen molar-refractivity contribution >= 4 is 26.7 Å². The first-order valence-electron chi connectivity index (χ1n) is 6.02. The Morgan fingerprint density at radius 2 is 1.84 bits per heavy atom. The Morgan fingerprint density at radius 3 is 2.63 bits per heavy atom. The maximum atomic E-state index is 5.42. The Morgan fingerprint density at radius 1 is 1.00 bits per heavy atom. The zero-order valence-corrected chi connectivity index (χ0v) is 12.1. The molecule has 3 heteroatoms. The first-order chi connectivity index (χ1) is 9.29. The summed E-state index contributed by atoms with van der Waals surface area (Å²) in [5.41, 5.74) is 1.11. The van der Waals surface area contributed by atoms with Crippen molar-refractivity contribution in [2.75, 3.05) is 7.11 Å². The second kappa shape index (κ2) is 5.02. The lowest BCUT2D eigenvalue weighted by Gasteiger charge is -2.04. The Hall–Kier alpha value is -1.87. The highest BCUT2D eigenvalue weighted by atomic mass is 79.9. The fourth-order valence-electron chi connectivity index (χ4n) is 2.18. The molecule has 3 aromatic rings. The zero-order chi connectivity index (χ0) is 13.2. The van der Waals surface area contributed by atoms with E-state index < -0.39 is 0 Å². The molecule has 0 aliphatic heterocycles. The minimum Gasteiger partial charge on any atom is -0.496 e. The quantitative estimate of drug-likeness (QED) is 0.654. The van der Waals surface area contributed by atoms with Gasteiger partial charge in [0, 0.05) is 12.1 Å². The smallest absolute Gasteiger partial charge is 0.224 e. The van der Waals surface area contributed by atoms with Gasteiger partial charge in [0.25, 0.3) is 0 Å². The molecule has 0 spiro atoms. The standard InChI is InChI=1S/C16H13BrNO/c1-19-16-8-4-5-12-9-10-18(11-13(12)16)15-7-3-2-6-14(15)17/h2-11H,1H3/q+1. The van der Waals surface area contributed by atoms with Crippen molar-refractivity contribution in [1.29, 1.82) is 0 Å². The van der Waals surface area contributed by atoms with Crippen LogP contribution in [0.2, 0.25) is 0 Å².